The van der Waals surface area contributed by atoms with E-state index >= 15 is 0 Å². The topological polar surface area (TPSA) is 93.3 Å². The summed E-state index contributed by atoms with van der Waals surface area (Å²) < 4.78 is 0. The first-order chi connectivity index (χ1) is 11.9. The highest BCUT2D eigenvalue weighted by Gasteiger charge is 2.15. The van der Waals surface area contributed by atoms with E-state index in [1.54, 1.807) is 13.0 Å². The van der Waals surface area contributed by atoms with Crippen LogP contribution in [0.3, 0.4) is 0 Å². The molecular weight excluding hydrogens is 316 g/mol. The minimum atomic E-state index is -0.618. The van der Waals surface area contributed by atoms with Gasteiger partial charge < -0.3 is 15.6 Å². The van der Waals surface area contributed by atoms with Crippen molar-refractivity contribution < 1.29 is 14.7 Å². The fraction of sp³-hybridized carbons (Fsp3) is 0.350. The van der Waals surface area contributed by atoms with Gasteiger partial charge in [0.15, 0.2) is 5.78 Å². The van der Waals surface area contributed by atoms with Crippen LogP contribution in [0, 0.1) is 0 Å². The van der Waals surface area contributed by atoms with Crippen molar-refractivity contribution in [2.75, 3.05) is 0 Å². The molecule has 1 aromatic carbocycles. The fourth-order valence-corrected chi connectivity index (χ4v) is 2.57. The summed E-state index contributed by atoms with van der Waals surface area (Å²) in [6, 6.07) is 10.4. The molecule has 0 fully saturated rings. The Kier molecular flexibility index (Phi) is 6.83. The summed E-state index contributed by atoms with van der Waals surface area (Å²) in [5.74, 6) is 0.255. The molecule has 25 heavy (non-hydrogen) atoms. The van der Waals surface area contributed by atoms with Crippen molar-refractivity contribution in [1.82, 2.24) is 4.98 Å². The Morgan fingerprint density at radius 2 is 1.80 bits per heavy atom. The smallest absolute Gasteiger partial charge is 0.154 e. The van der Waals surface area contributed by atoms with E-state index in [1.165, 1.54) is 12.3 Å². The Labute approximate surface area is 147 Å². The summed E-state index contributed by atoms with van der Waals surface area (Å²) in [6.45, 7) is 1.60. The van der Waals surface area contributed by atoms with Crippen LogP contribution in [0.1, 0.15) is 36.6 Å². The molecule has 0 bridgehead atoms. The van der Waals surface area contributed by atoms with E-state index in [4.69, 9.17) is 5.73 Å². The van der Waals surface area contributed by atoms with Gasteiger partial charge in [-0.15, -0.1) is 0 Å². The van der Waals surface area contributed by atoms with Gasteiger partial charge in [0.05, 0.1) is 12.2 Å². The van der Waals surface area contributed by atoms with E-state index < -0.39 is 6.04 Å². The van der Waals surface area contributed by atoms with E-state index in [1.807, 2.05) is 24.3 Å². The van der Waals surface area contributed by atoms with Crippen LogP contribution in [0.5, 0.6) is 5.75 Å². The Morgan fingerprint density at radius 3 is 2.40 bits per heavy atom. The van der Waals surface area contributed by atoms with Gasteiger partial charge in [-0.05, 0) is 43.0 Å². The third kappa shape index (κ3) is 6.47. The molecule has 0 unspecified atom stereocenters. The second kappa shape index (κ2) is 9.08. The number of hydrogen-bond acceptors (Lipinski definition) is 5. The number of aromatic hydroxyl groups is 1. The number of nitrogens with two attached hydrogens (primary N) is 1. The van der Waals surface area contributed by atoms with Gasteiger partial charge >= 0.3 is 0 Å². The lowest BCUT2D eigenvalue weighted by atomic mass is 9.99. The molecule has 1 heterocycles. The average Bonchev–Trinajstić information content (AvgIpc) is 2.58. The van der Waals surface area contributed by atoms with Crippen LogP contribution in [0.4, 0.5) is 0 Å². The van der Waals surface area contributed by atoms with Gasteiger partial charge in [-0.1, -0.05) is 24.3 Å². The minimum absolute atomic E-state index is 0.0424. The Morgan fingerprint density at radius 1 is 1.12 bits per heavy atom. The zero-order valence-electron chi connectivity index (χ0n) is 14.4. The van der Waals surface area contributed by atoms with Gasteiger partial charge in [-0.2, -0.15) is 0 Å². The van der Waals surface area contributed by atoms with Gasteiger partial charge in [-0.3, -0.25) is 9.78 Å². The highest BCUT2D eigenvalue weighted by atomic mass is 16.3. The second-order valence-electron chi connectivity index (χ2n) is 6.33. The summed E-state index contributed by atoms with van der Waals surface area (Å²) in [6.07, 6.45) is 4.28. The van der Waals surface area contributed by atoms with Crippen LogP contribution in [-0.4, -0.2) is 27.7 Å². The normalized spacial score (nSPS) is 11.9. The molecule has 0 saturated heterocycles. The number of pyridine rings is 1. The van der Waals surface area contributed by atoms with Crippen LogP contribution in [0.15, 0.2) is 42.6 Å². The van der Waals surface area contributed by atoms with Gasteiger partial charge in [0.2, 0.25) is 0 Å². The molecule has 132 valence electrons. The quantitative estimate of drug-likeness (QED) is 0.731. The first-order valence-electron chi connectivity index (χ1n) is 8.43. The molecule has 0 radical (unpaired) electrons. The van der Waals surface area contributed by atoms with Gasteiger partial charge in [0.1, 0.15) is 11.5 Å². The van der Waals surface area contributed by atoms with Gasteiger partial charge in [0, 0.05) is 25.0 Å². The number of carbonyl (C=O) groups is 2. The van der Waals surface area contributed by atoms with Gasteiger partial charge in [0.25, 0.3) is 0 Å². The number of nitrogens with zero attached hydrogens (tertiary/aromatic N) is 1. The van der Waals surface area contributed by atoms with Crippen LogP contribution >= 0.6 is 0 Å². The van der Waals surface area contributed by atoms with E-state index in [0.717, 1.165) is 24.0 Å². The number of ketones is 2. The lowest BCUT2D eigenvalue weighted by Gasteiger charge is -2.11. The van der Waals surface area contributed by atoms with E-state index in [-0.39, 0.29) is 23.7 Å². The highest BCUT2D eigenvalue weighted by molar-refractivity contribution is 5.86. The number of Topliss-reactive ketones (excluding diaryl/α,β-unsaturated/α-hetero) is 2. The average molecular weight is 340 g/mol. The van der Waals surface area contributed by atoms with Crippen molar-refractivity contribution in [2.45, 2.75) is 45.1 Å². The fourth-order valence-electron chi connectivity index (χ4n) is 2.57. The Bertz CT molecular complexity index is 709. The first kappa shape index (κ1) is 18.8. The maximum Gasteiger partial charge on any atom is 0.154 e. The van der Waals surface area contributed by atoms with E-state index in [2.05, 4.69) is 4.98 Å². The van der Waals surface area contributed by atoms with Crippen molar-refractivity contribution in [3.63, 3.8) is 0 Å². The Balaban J connectivity index is 1.84. The summed E-state index contributed by atoms with van der Waals surface area (Å²) in [7, 11) is 0. The van der Waals surface area contributed by atoms with Crippen LogP contribution in [-0.2, 0) is 28.9 Å². The standard InChI is InChI=1S/C20H24N2O3/c1-14(23)3-2-4-15-5-7-16(8-6-15)11-20(25)19(21)12-17-9-10-18(24)13-22-17/h5-10,13,19,24H,2-4,11-12,21H2,1H3/t19-/m1/s1. The SMILES string of the molecule is CC(=O)CCCc1ccc(CC(=O)[C@H](N)Cc2ccc(O)cn2)cc1. The molecule has 3 N–H and O–H groups in total. The van der Waals surface area contributed by atoms with Crippen molar-refractivity contribution in [3.8, 4) is 5.75 Å². The number of hydrogen-bond donors (Lipinski definition) is 2. The monoisotopic (exact) mass is 340 g/mol. The summed E-state index contributed by atoms with van der Waals surface area (Å²) in [4.78, 5) is 27.3. The lowest BCUT2D eigenvalue weighted by molar-refractivity contribution is -0.119. The lowest BCUT2D eigenvalue weighted by Crippen LogP contribution is -2.34. The van der Waals surface area contributed by atoms with Crippen molar-refractivity contribution in [2.24, 2.45) is 5.73 Å². The third-order valence-corrected chi connectivity index (χ3v) is 4.05. The van der Waals surface area contributed by atoms with Gasteiger partial charge in [-0.25, -0.2) is 0 Å². The zero-order chi connectivity index (χ0) is 18.2. The number of rotatable bonds is 9. The molecule has 0 spiro atoms. The molecule has 2 rings (SSSR count). The number of benzene rings is 1. The molecular formula is C20H24N2O3. The largest absolute Gasteiger partial charge is 0.506 e. The number of aryl methyl sites for hydroxylation is 1. The van der Waals surface area contributed by atoms with Crippen molar-refractivity contribution in [3.05, 3.63) is 59.4 Å². The molecule has 1 atom stereocenters. The van der Waals surface area contributed by atoms with Crippen molar-refractivity contribution in [1.29, 1.82) is 0 Å². The second-order valence-corrected chi connectivity index (χ2v) is 6.33. The molecule has 0 aliphatic carbocycles. The Hall–Kier alpha value is -2.53. The summed E-state index contributed by atoms with van der Waals surface area (Å²) in [5.41, 5.74) is 8.74. The third-order valence-electron chi connectivity index (χ3n) is 4.05. The molecule has 5 nitrogen and oxygen atoms in total. The highest BCUT2D eigenvalue weighted by Crippen LogP contribution is 2.11. The molecule has 0 saturated carbocycles. The van der Waals surface area contributed by atoms with Crippen LogP contribution in [0.2, 0.25) is 0 Å². The number of aromatic nitrogens is 1. The molecule has 1 aromatic heterocycles. The van der Waals surface area contributed by atoms with E-state index in [9.17, 15) is 14.7 Å². The van der Waals surface area contributed by atoms with Crippen molar-refractivity contribution >= 4 is 11.6 Å². The maximum atomic E-state index is 12.3. The zero-order valence-corrected chi connectivity index (χ0v) is 14.4. The predicted octanol–water partition coefficient (Wildman–Crippen LogP) is 2.38. The van der Waals surface area contributed by atoms with Crippen LogP contribution in [0.25, 0.3) is 0 Å². The first-order valence-corrected chi connectivity index (χ1v) is 8.43. The molecule has 0 amide bonds. The molecule has 0 aliphatic heterocycles. The molecule has 5 heteroatoms. The number of carbonyl (C=O) groups excluding carboxylic acids is 2. The maximum absolute atomic E-state index is 12.3. The predicted molar refractivity (Wildman–Crippen MR) is 96.4 cm³/mol. The van der Waals surface area contributed by atoms with E-state index in [0.29, 0.717) is 18.5 Å². The molecule has 0 aliphatic rings. The summed E-state index contributed by atoms with van der Waals surface area (Å²) in [5, 5.41) is 9.22. The summed E-state index contributed by atoms with van der Waals surface area (Å²) >= 11 is 0. The minimum Gasteiger partial charge on any atom is -0.506 e. The van der Waals surface area contributed by atoms with Crippen LogP contribution < -0.4 is 5.73 Å². The molecule has 2 aromatic rings.